The lowest BCUT2D eigenvalue weighted by Gasteiger charge is -2.26. The van der Waals surface area contributed by atoms with Crippen molar-refractivity contribution in [3.8, 4) is 5.75 Å². The number of amides is 1. The third kappa shape index (κ3) is 3.81. The van der Waals surface area contributed by atoms with E-state index in [4.69, 9.17) is 4.74 Å². The van der Waals surface area contributed by atoms with Crippen LogP contribution in [0.15, 0.2) is 36.4 Å². The SMILES string of the molecule is COc1ccc2c(c1)CCNC2C(=O)Nc1ccc([Si](C)(C)C)c(F)c1. The van der Waals surface area contributed by atoms with Gasteiger partial charge in [0.15, 0.2) is 0 Å². The lowest BCUT2D eigenvalue weighted by atomic mass is 9.93. The van der Waals surface area contributed by atoms with Crippen LogP contribution in [0.5, 0.6) is 5.75 Å². The zero-order valence-corrected chi connectivity index (χ0v) is 16.7. The summed E-state index contributed by atoms with van der Waals surface area (Å²) in [7, 11) is -0.111. The normalized spacial score (nSPS) is 16.7. The summed E-state index contributed by atoms with van der Waals surface area (Å²) >= 11 is 0. The maximum Gasteiger partial charge on any atom is 0.246 e. The number of carbonyl (C=O) groups is 1. The predicted octanol–water partition coefficient (Wildman–Crippen LogP) is 3.21. The highest BCUT2D eigenvalue weighted by Crippen LogP contribution is 2.27. The third-order valence-electron chi connectivity index (χ3n) is 4.71. The minimum Gasteiger partial charge on any atom is -0.497 e. The smallest absolute Gasteiger partial charge is 0.246 e. The van der Waals surface area contributed by atoms with Gasteiger partial charge in [-0.15, -0.1) is 0 Å². The van der Waals surface area contributed by atoms with Crippen LogP contribution < -0.4 is 20.6 Å². The molecule has 4 nitrogen and oxygen atoms in total. The highest BCUT2D eigenvalue weighted by molar-refractivity contribution is 6.88. The van der Waals surface area contributed by atoms with Crippen molar-refractivity contribution >= 4 is 24.9 Å². The van der Waals surface area contributed by atoms with Crippen molar-refractivity contribution in [2.24, 2.45) is 0 Å². The largest absolute Gasteiger partial charge is 0.497 e. The number of carbonyl (C=O) groups excluding carboxylic acids is 1. The monoisotopic (exact) mass is 372 g/mol. The average molecular weight is 373 g/mol. The molecule has 0 aromatic heterocycles. The predicted molar refractivity (Wildman–Crippen MR) is 105 cm³/mol. The molecular formula is C20H25FN2O2Si. The number of ether oxygens (including phenoxy) is 1. The van der Waals surface area contributed by atoms with Crippen molar-refractivity contribution < 1.29 is 13.9 Å². The Balaban J connectivity index is 1.81. The quantitative estimate of drug-likeness (QED) is 0.811. The molecule has 0 saturated carbocycles. The van der Waals surface area contributed by atoms with Gasteiger partial charge in [-0.25, -0.2) is 4.39 Å². The second-order valence-electron chi connectivity index (χ2n) is 7.64. The van der Waals surface area contributed by atoms with Gasteiger partial charge >= 0.3 is 0 Å². The topological polar surface area (TPSA) is 50.4 Å². The molecule has 2 aromatic rings. The zero-order valence-electron chi connectivity index (χ0n) is 15.7. The maximum absolute atomic E-state index is 14.4. The van der Waals surface area contributed by atoms with E-state index in [1.54, 1.807) is 19.2 Å². The Morgan fingerprint density at radius 3 is 2.65 bits per heavy atom. The zero-order chi connectivity index (χ0) is 18.9. The van der Waals surface area contributed by atoms with Gasteiger partial charge in [-0.2, -0.15) is 0 Å². The number of hydrogen-bond acceptors (Lipinski definition) is 3. The molecule has 138 valence electrons. The van der Waals surface area contributed by atoms with Crippen LogP contribution in [0.1, 0.15) is 17.2 Å². The molecular weight excluding hydrogens is 347 g/mol. The lowest BCUT2D eigenvalue weighted by Crippen LogP contribution is -2.40. The second kappa shape index (κ2) is 7.21. The first-order valence-electron chi connectivity index (χ1n) is 8.80. The van der Waals surface area contributed by atoms with Crippen molar-refractivity contribution in [2.45, 2.75) is 32.1 Å². The highest BCUT2D eigenvalue weighted by atomic mass is 28.3. The van der Waals surface area contributed by atoms with Crippen molar-refractivity contribution in [3.05, 3.63) is 53.3 Å². The molecule has 1 amide bonds. The molecule has 1 aliphatic rings. The van der Waals surface area contributed by atoms with Crippen LogP contribution in [-0.4, -0.2) is 27.6 Å². The van der Waals surface area contributed by atoms with Crippen LogP contribution in [0.25, 0.3) is 0 Å². The van der Waals surface area contributed by atoms with Crippen LogP contribution in [0.3, 0.4) is 0 Å². The Morgan fingerprint density at radius 1 is 1.23 bits per heavy atom. The van der Waals surface area contributed by atoms with E-state index in [1.807, 2.05) is 18.2 Å². The molecule has 0 aliphatic carbocycles. The summed E-state index contributed by atoms with van der Waals surface area (Å²) in [6, 6.07) is 10.3. The van der Waals surface area contributed by atoms with E-state index in [0.717, 1.165) is 28.5 Å². The van der Waals surface area contributed by atoms with Crippen LogP contribution in [0.2, 0.25) is 19.6 Å². The molecule has 0 spiro atoms. The van der Waals surface area contributed by atoms with Gasteiger partial charge in [0.1, 0.15) is 17.6 Å². The van der Waals surface area contributed by atoms with E-state index in [2.05, 4.69) is 30.3 Å². The van der Waals surface area contributed by atoms with Crippen LogP contribution >= 0.6 is 0 Å². The van der Waals surface area contributed by atoms with Gasteiger partial charge in [0.05, 0.1) is 15.2 Å². The van der Waals surface area contributed by atoms with Crippen LogP contribution in [0, 0.1) is 5.82 Å². The summed E-state index contributed by atoms with van der Waals surface area (Å²) in [5.41, 5.74) is 2.52. The van der Waals surface area contributed by atoms with Crippen LogP contribution in [-0.2, 0) is 11.2 Å². The van der Waals surface area contributed by atoms with E-state index in [0.29, 0.717) is 12.2 Å². The van der Waals surface area contributed by atoms with Crippen molar-refractivity contribution in [1.82, 2.24) is 5.32 Å². The Kier molecular flexibility index (Phi) is 5.16. The van der Waals surface area contributed by atoms with E-state index < -0.39 is 14.1 Å². The molecule has 2 aromatic carbocycles. The van der Waals surface area contributed by atoms with Crippen molar-refractivity contribution in [1.29, 1.82) is 0 Å². The minimum atomic E-state index is -1.74. The van der Waals surface area contributed by atoms with E-state index >= 15 is 0 Å². The number of halogens is 1. The first-order valence-corrected chi connectivity index (χ1v) is 12.3. The van der Waals surface area contributed by atoms with Gasteiger partial charge in [-0.1, -0.05) is 31.8 Å². The molecule has 0 fully saturated rings. The summed E-state index contributed by atoms with van der Waals surface area (Å²) < 4.78 is 19.7. The standard InChI is InChI=1S/C20H25FN2O2Si/c1-25-15-6-7-16-13(11-15)9-10-22-19(16)20(24)23-14-5-8-18(17(21)12-14)26(2,3)4/h5-8,11-12,19,22H,9-10H2,1-4H3,(H,23,24). The van der Waals surface area contributed by atoms with E-state index in [9.17, 15) is 9.18 Å². The summed E-state index contributed by atoms with van der Waals surface area (Å²) in [6.45, 7) is 7.00. The number of hydrogen-bond donors (Lipinski definition) is 2. The third-order valence-corrected chi connectivity index (χ3v) is 6.73. The van der Waals surface area contributed by atoms with Crippen LogP contribution in [0.4, 0.5) is 10.1 Å². The number of nitrogens with one attached hydrogen (secondary N) is 2. The lowest BCUT2D eigenvalue weighted by molar-refractivity contribution is -0.118. The number of benzene rings is 2. The molecule has 1 unspecified atom stereocenters. The molecule has 6 heteroatoms. The Labute approximate surface area is 154 Å². The maximum atomic E-state index is 14.4. The van der Waals surface area contributed by atoms with Gasteiger partial charge in [0.2, 0.25) is 5.91 Å². The second-order valence-corrected chi connectivity index (χ2v) is 12.7. The first-order chi connectivity index (χ1) is 12.3. The molecule has 1 aliphatic heterocycles. The minimum absolute atomic E-state index is 0.184. The van der Waals surface area contributed by atoms with E-state index in [1.165, 1.54) is 6.07 Å². The van der Waals surface area contributed by atoms with E-state index in [-0.39, 0.29) is 11.7 Å². The molecule has 0 saturated heterocycles. The molecule has 0 bridgehead atoms. The number of rotatable bonds is 4. The molecule has 1 heterocycles. The summed E-state index contributed by atoms with van der Waals surface area (Å²) in [5, 5.41) is 6.85. The number of fused-ring (bicyclic) bond motifs is 1. The molecule has 0 radical (unpaired) electrons. The average Bonchev–Trinajstić information content (AvgIpc) is 2.59. The fourth-order valence-corrected chi connectivity index (χ4v) is 4.69. The number of anilines is 1. The van der Waals surface area contributed by atoms with Crippen molar-refractivity contribution in [3.63, 3.8) is 0 Å². The molecule has 3 rings (SSSR count). The number of methoxy groups -OCH3 is 1. The van der Waals surface area contributed by atoms with Gasteiger partial charge in [0, 0.05) is 12.2 Å². The van der Waals surface area contributed by atoms with Gasteiger partial charge in [-0.3, -0.25) is 4.79 Å². The van der Waals surface area contributed by atoms with Gasteiger partial charge < -0.3 is 15.4 Å². The molecule has 1 atom stereocenters. The first kappa shape index (κ1) is 18.6. The highest BCUT2D eigenvalue weighted by Gasteiger charge is 2.27. The molecule has 26 heavy (non-hydrogen) atoms. The Morgan fingerprint density at radius 2 is 2.00 bits per heavy atom. The Bertz CT molecular complexity index is 833. The fraction of sp³-hybridized carbons (Fsp3) is 0.350. The van der Waals surface area contributed by atoms with Gasteiger partial charge in [0.25, 0.3) is 0 Å². The summed E-state index contributed by atoms with van der Waals surface area (Å²) in [4.78, 5) is 12.8. The van der Waals surface area contributed by atoms with Crippen molar-refractivity contribution in [2.75, 3.05) is 19.0 Å². The summed E-state index contributed by atoms with van der Waals surface area (Å²) in [6.07, 6.45) is 0.843. The van der Waals surface area contributed by atoms with Gasteiger partial charge in [-0.05, 0) is 47.0 Å². The summed E-state index contributed by atoms with van der Waals surface area (Å²) in [5.74, 6) is 0.355. The Hall–Kier alpha value is -2.18. The fourth-order valence-electron chi connectivity index (χ4n) is 3.32. The molecule has 2 N–H and O–H groups in total.